The zero-order chi connectivity index (χ0) is 23.1. The second-order valence-electron chi connectivity index (χ2n) is 8.08. The van der Waals surface area contributed by atoms with Crippen molar-refractivity contribution in [2.45, 2.75) is 24.9 Å². The Morgan fingerprint density at radius 2 is 1.81 bits per heavy atom. The van der Waals surface area contributed by atoms with Crippen LogP contribution in [0.25, 0.3) is 0 Å². The fourth-order valence-corrected chi connectivity index (χ4v) is 6.25. The van der Waals surface area contributed by atoms with Gasteiger partial charge in [0.15, 0.2) is 9.84 Å². The number of rotatable bonds is 5. The van der Waals surface area contributed by atoms with E-state index in [2.05, 4.69) is 5.32 Å². The molecule has 2 atom stereocenters. The summed E-state index contributed by atoms with van der Waals surface area (Å²) in [7, 11) is -3.26. The Bertz CT molecular complexity index is 1190. The Morgan fingerprint density at radius 1 is 1.16 bits per heavy atom. The molecule has 2 aliphatic rings. The van der Waals surface area contributed by atoms with E-state index in [9.17, 15) is 22.8 Å². The summed E-state index contributed by atoms with van der Waals surface area (Å²) in [6, 6.07) is 14.1. The molecule has 2 aromatic carbocycles. The Kier molecular flexibility index (Phi) is 5.72. The number of benzene rings is 2. The maximum Gasteiger partial charge on any atom is 0.325 e. The van der Waals surface area contributed by atoms with Gasteiger partial charge in [0.2, 0.25) is 5.91 Å². The molecule has 4 rings (SSSR count). The van der Waals surface area contributed by atoms with Crippen LogP contribution in [0.2, 0.25) is 5.02 Å². The fourth-order valence-electron chi connectivity index (χ4n) is 4.23. The van der Waals surface area contributed by atoms with Crippen molar-refractivity contribution in [3.8, 4) is 0 Å². The normalized spacial score (nSPS) is 24.4. The number of para-hydroxylation sites is 1. The standard InChI is InChI=1S/C22H22ClN3O5S/c1-22(17-9-5-6-10-18(17)23)20(28)25(21(29)24-22)13-19(27)26(15-7-3-2-4-8-15)16-11-12-32(30,31)14-16/h2-10,16H,11-14H2,1H3,(H,24,29)/t16-,22+/m0/s1. The molecule has 0 unspecified atom stereocenters. The number of anilines is 1. The molecule has 0 spiro atoms. The number of imide groups is 1. The Labute approximate surface area is 191 Å². The summed E-state index contributed by atoms with van der Waals surface area (Å²) in [5, 5.41) is 2.96. The molecule has 4 amide bonds. The fraction of sp³-hybridized carbons (Fsp3) is 0.318. The number of nitrogens with one attached hydrogen (secondary N) is 1. The van der Waals surface area contributed by atoms with Crippen molar-refractivity contribution in [3.05, 3.63) is 65.2 Å². The number of halogens is 1. The molecule has 2 aliphatic heterocycles. The molecule has 2 aromatic rings. The molecule has 168 valence electrons. The number of sulfone groups is 1. The van der Waals surface area contributed by atoms with Crippen LogP contribution in [0.3, 0.4) is 0 Å². The summed E-state index contributed by atoms with van der Waals surface area (Å²) in [5.41, 5.74) is -0.471. The van der Waals surface area contributed by atoms with Crippen LogP contribution in [0.4, 0.5) is 10.5 Å². The van der Waals surface area contributed by atoms with E-state index in [1.807, 2.05) is 0 Å². The lowest BCUT2D eigenvalue weighted by atomic mass is 9.92. The number of carbonyl (C=O) groups excluding carboxylic acids is 3. The van der Waals surface area contributed by atoms with E-state index in [1.54, 1.807) is 54.6 Å². The van der Waals surface area contributed by atoms with Gasteiger partial charge in [-0.15, -0.1) is 0 Å². The van der Waals surface area contributed by atoms with E-state index in [1.165, 1.54) is 11.8 Å². The minimum Gasteiger partial charge on any atom is -0.319 e. The van der Waals surface area contributed by atoms with E-state index in [0.717, 1.165) is 4.90 Å². The molecule has 8 nitrogen and oxygen atoms in total. The number of hydrogen-bond acceptors (Lipinski definition) is 5. The van der Waals surface area contributed by atoms with Gasteiger partial charge in [-0.05, 0) is 31.5 Å². The average molecular weight is 476 g/mol. The Morgan fingerprint density at radius 3 is 2.44 bits per heavy atom. The van der Waals surface area contributed by atoms with Gasteiger partial charge in [0.25, 0.3) is 5.91 Å². The summed E-state index contributed by atoms with van der Waals surface area (Å²) in [6.45, 7) is 1.02. The third-order valence-electron chi connectivity index (χ3n) is 5.86. The molecule has 0 radical (unpaired) electrons. The number of carbonyl (C=O) groups is 3. The molecular weight excluding hydrogens is 454 g/mol. The summed E-state index contributed by atoms with van der Waals surface area (Å²) in [6.07, 6.45) is 0.292. The molecule has 0 bridgehead atoms. The number of nitrogens with zero attached hydrogens (tertiary/aromatic N) is 2. The highest BCUT2D eigenvalue weighted by molar-refractivity contribution is 7.91. The van der Waals surface area contributed by atoms with E-state index in [4.69, 9.17) is 11.6 Å². The van der Waals surface area contributed by atoms with Crippen LogP contribution in [-0.2, 0) is 25.0 Å². The first-order valence-corrected chi connectivity index (χ1v) is 12.3. The van der Waals surface area contributed by atoms with Crippen LogP contribution in [0.5, 0.6) is 0 Å². The highest BCUT2D eigenvalue weighted by Gasteiger charge is 2.51. The lowest BCUT2D eigenvalue weighted by Crippen LogP contribution is -2.48. The van der Waals surface area contributed by atoms with E-state index >= 15 is 0 Å². The molecular formula is C22H22ClN3O5S. The monoisotopic (exact) mass is 475 g/mol. The van der Waals surface area contributed by atoms with E-state index in [0.29, 0.717) is 22.7 Å². The van der Waals surface area contributed by atoms with Crippen LogP contribution in [0, 0.1) is 0 Å². The van der Waals surface area contributed by atoms with Crippen molar-refractivity contribution < 1.29 is 22.8 Å². The zero-order valence-corrected chi connectivity index (χ0v) is 18.9. The van der Waals surface area contributed by atoms with Crippen LogP contribution >= 0.6 is 11.6 Å². The van der Waals surface area contributed by atoms with E-state index in [-0.39, 0.29) is 11.5 Å². The van der Waals surface area contributed by atoms with Crippen LogP contribution in [0.1, 0.15) is 18.9 Å². The first kappa shape index (κ1) is 22.3. The van der Waals surface area contributed by atoms with Crippen molar-refractivity contribution in [1.82, 2.24) is 10.2 Å². The van der Waals surface area contributed by atoms with Gasteiger partial charge >= 0.3 is 6.03 Å². The lowest BCUT2D eigenvalue weighted by molar-refractivity contribution is -0.134. The summed E-state index contributed by atoms with van der Waals surface area (Å²) < 4.78 is 24.1. The molecule has 10 heteroatoms. The smallest absolute Gasteiger partial charge is 0.319 e. The van der Waals surface area contributed by atoms with Crippen molar-refractivity contribution in [1.29, 1.82) is 0 Å². The maximum absolute atomic E-state index is 13.3. The van der Waals surface area contributed by atoms with Gasteiger partial charge in [0, 0.05) is 16.3 Å². The van der Waals surface area contributed by atoms with Crippen molar-refractivity contribution in [2.24, 2.45) is 0 Å². The van der Waals surface area contributed by atoms with Crippen molar-refractivity contribution in [2.75, 3.05) is 23.0 Å². The first-order valence-electron chi connectivity index (χ1n) is 10.1. The molecule has 2 saturated heterocycles. The van der Waals surface area contributed by atoms with Gasteiger partial charge in [0.1, 0.15) is 12.1 Å². The Balaban J connectivity index is 1.62. The third kappa shape index (κ3) is 3.98. The molecule has 1 N–H and O–H groups in total. The second-order valence-corrected chi connectivity index (χ2v) is 10.7. The quantitative estimate of drug-likeness (QED) is 0.668. The molecule has 2 heterocycles. The molecule has 0 aromatic heterocycles. The highest BCUT2D eigenvalue weighted by atomic mass is 35.5. The SMILES string of the molecule is C[C@]1(c2ccccc2Cl)NC(=O)N(CC(=O)N(c2ccccc2)[C@H]2CCS(=O)(=O)C2)C1=O. The third-order valence-corrected chi connectivity index (χ3v) is 7.94. The maximum atomic E-state index is 13.3. The van der Waals surface area contributed by atoms with E-state index < -0.39 is 45.8 Å². The number of urea groups is 1. The van der Waals surface area contributed by atoms with Crippen LogP contribution < -0.4 is 10.2 Å². The van der Waals surface area contributed by atoms with Gasteiger partial charge in [0.05, 0.1) is 17.5 Å². The summed E-state index contributed by atoms with van der Waals surface area (Å²) in [5.74, 6) is -1.31. The van der Waals surface area contributed by atoms with Gasteiger partial charge in [-0.25, -0.2) is 13.2 Å². The first-order chi connectivity index (χ1) is 15.1. The number of amides is 4. The largest absolute Gasteiger partial charge is 0.325 e. The molecule has 2 fully saturated rings. The zero-order valence-electron chi connectivity index (χ0n) is 17.3. The van der Waals surface area contributed by atoms with Crippen LogP contribution in [0.15, 0.2) is 54.6 Å². The Hall–Kier alpha value is -2.91. The average Bonchev–Trinajstić information content (AvgIpc) is 3.21. The van der Waals surface area contributed by atoms with Gasteiger partial charge in [-0.2, -0.15) is 0 Å². The minimum atomic E-state index is -3.26. The summed E-state index contributed by atoms with van der Waals surface area (Å²) in [4.78, 5) is 41.5. The highest BCUT2D eigenvalue weighted by Crippen LogP contribution is 2.34. The molecule has 32 heavy (non-hydrogen) atoms. The van der Waals surface area contributed by atoms with Crippen LogP contribution in [-0.4, -0.2) is 55.3 Å². The topological polar surface area (TPSA) is 104 Å². The van der Waals surface area contributed by atoms with Gasteiger partial charge < -0.3 is 10.2 Å². The number of hydrogen-bond donors (Lipinski definition) is 1. The molecule has 0 saturated carbocycles. The van der Waals surface area contributed by atoms with Crippen molar-refractivity contribution >= 4 is 45.0 Å². The summed E-state index contributed by atoms with van der Waals surface area (Å²) >= 11 is 6.25. The van der Waals surface area contributed by atoms with Gasteiger partial charge in [-0.3, -0.25) is 14.5 Å². The van der Waals surface area contributed by atoms with Gasteiger partial charge in [-0.1, -0.05) is 48.0 Å². The minimum absolute atomic E-state index is 0.0119. The predicted octanol–water partition coefficient (Wildman–Crippen LogP) is 2.33. The van der Waals surface area contributed by atoms with Crippen molar-refractivity contribution in [3.63, 3.8) is 0 Å². The second kappa shape index (κ2) is 8.22. The lowest BCUT2D eigenvalue weighted by Gasteiger charge is -2.30. The predicted molar refractivity (Wildman–Crippen MR) is 120 cm³/mol. The molecule has 0 aliphatic carbocycles.